The number of piperidine rings is 1. The predicted molar refractivity (Wildman–Crippen MR) is 88.8 cm³/mol. The highest BCUT2D eigenvalue weighted by molar-refractivity contribution is 5.70. The van der Waals surface area contributed by atoms with Crippen molar-refractivity contribution in [2.75, 3.05) is 13.1 Å². The lowest BCUT2D eigenvalue weighted by atomic mass is 9.79. The van der Waals surface area contributed by atoms with Crippen LogP contribution in [-0.4, -0.2) is 24.0 Å². The molecule has 1 heterocycles. The molecule has 1 fully saturated rings. The number of carbonyl (C=O) groups is 1. The van der Waals surface area contributed by atoms with Gasteiger partial charge in [-0.05, 0) is 42.5 Å². The lowest BCUT2D eigenvalue weighted by Crippen LogP contribution is -2.47. The summed E-state index contributed by atoms with van der Waals surface area (Å²) in [6.45, 7) is 4.32. The first-order valence-corrected chi connectivity index (χ1v) is 8.18. The highest BCUT2D eigenvalue weighted by Gasteiger charge is 2.31. The first kappa shape index (κ1) is 15.8. The molecule has 2 aromatic carbocycles. The number of benzene rings is 2. The van der Waals surface area contributed by atoms with Crippen LogP contribution >= 0.6 is 0 Å². The summed E-state index contributed by atoms with van der Waals surface area (Å²) >= 11 is 0. The van der Waals surface area contributed by atoms with E-state index in [-0.39, 0.29) is 5.92 Å². The van der Waals surface area contributed by atoms with Crippen LogP contribution < -0.4 is 5.11 Å². The average molecular weight is 308 g/mol. The minimum Gasteiger partial charge on any atom is -0.550 e. The van der Waals surface area contributed by atoms with E-state index in [1.807, 2.05) is 30.3 Å². The van der Waals surface area contributed by atoms with Crippen molar-refractivity contribution in [1.29, 1.82) is 0 Å². The van der Waals surface area contributed by atoms with Crippen molar-refractivity contribution < 1.29 is 9.90 Å². The van der Waals surface area contributed by atoms with Crippen LogP contribution in [0.25, 0.3) is 0 Å². The molecule has 2 unspecified atom stereocenters. The number of carbonyl (C=O) groups excluding carboxylic acids is 1. The molecule has 120 valence electrons. The van der Waals surface area contributed by atoms with Crippen molar-refractivity contribution in [2.45, 2.75) is 25.8 Å². The van der Waals surface area contributed by atoms with Crippen molar-refractivity contribution in [3.8, 4) is 0 Å². The van der Waals surface area contributed by atoms with Gasteiger partial charge < -0.3 is 9.90 Å². The highest BCUT2D eigenvalue weighted by Crippen LogP contribution is 2.35. The highest BCUT2D eigenvalue weighted by atomic mass is 16.4. The fraction of sp³-hybridized carbons (Fsp3) is 0.350. The Bertz CT molecular complexity index is 668. The summed E-state index contributed by atoms with van der Waals surface area (Å²) in [5.74, 6) is -1.34. The Morgan fingerprint density at radius 2 is 1.83 bits per heavy atom. The summed E-state index contributed by atoms with van der Waals surface area (Å²) in [7, 11) is 0. The van der Waals surface area contributed by atoms with Gasteiger partial charge in [0, 0.05) is 25.0 Å². The molecule has 23 heavy (non-hydrogen) atoms. The normalized spacial score (nSPS) is 22.0. The quantitative estimate of drug-likeness (QED) is 0.871. The van der Waals surface area contributed by atoms with Crippen LogP contribution in [0, 0.1) is 12.8 Å². The van der Waals surface area contributed by atoms with E-state index in [1.54, 1.807) is 0 Å². The second kappa shape index (κ2) is 6.97. The van der Waals surface area contributed by atoms with E-state index in [0.717, 1.165) is 25.1 Å². The molecule has 1 aliphatic heterocycles. The lowest BCUT2D eigenvalue weighted by Gasteiger charge is -2.40. The van der Waals surface area contributed by atoms with E-state index in [2.05, 4.69) is 36.1 Å². The Morgan fingerprint density at radius 1 is 1.13 bits per heavy atom. The standard InChI is InChI=1S/C20H23NO2/c1-15-7-5-6-10-17(15)18-11-12-21(14-19(18)20(22)23)13-16-8-3-2-4-9-16/h2-10,18-19H,11-14H2,1H3,(H,22,23)/p-1. The summed E-state index contributed by atoms with van der Waals surface area (Å²) in [6.07, 6.45) is 0.857. The summed E-state index contributed by atoms with van der Waals surface area (Å²) in [5, 5.41) is 11.7. The number of carboxylic acids is 1. The van der Waals surface area contributed by atoms with E-state index in [1.165, 1.54) is 11.1 Å². The monoisotopic (exact) mass is 308 g/mol. The zero-order valence-electron chi connectivity index (χ0n) is 13.4. The SMILES string of the molecule is Cc1ccccc1C1CCN(Cc2ccccc2)CC1C(=O)[O-]. The van der Waals surface area contributed by atoms with Gasteiger partial charge in [0.1, 0.15) is 0 Å². The summed E-state index contributed by atoms with van der Waals surface area (Å²) < 4.78 is 0. The molecule has 1 aliphatic rings. The molecule has 1 saturated heterocycles. The number of hydrogen-bond donors (Lipinski definition) is 0. The van der Waals surface area contributed by atoms with Gasteiger partial charge in [0.2, 0.25) is 0 Å². The van der Waals surface area contributed by atoms with Crippen LogP contribution in [0.4, 0.5) is 0 Å². The van der Waals surface area contributed by atoms with Crippen molar-refractivity contribution in [3.63, 3.8) is 0 Å². The lowest BCUT2D eigenvalue weighted by molar-refractivity contribution is -0.313. The Hall–Kier alpha value is -2.13. The van der Waals surface area contributed by atoms with Gasteiger partial charge in [-0.2, -0.15) is 0 Å². The van der Waals surface area contributed by atoms with Crippen molar-refractivity contribution in [2.24, 2.45) is 5.92 Å². The minimum absolute atomic E-state index is 0.0493. The molecule has 3 nitrogen and oxygen atoms in total. The van der Waals surface area contributed by atoms with Crippen molar-refractivity contribution in [1.82, 2.24) is 4.90 Å². The third-order valence-electron chi connectivity index (χ3n) is 4.84. The third-order valence-corrected chi connectivity index (χ3v) is 4.84. The first-order valence-electron chi connectivity index (χ1n) is 8.18. The van der Waals surface area contributed by atoms with Crippen molar-refractivity contribution in [3.05, 3.63) is 71.3 Å². The van der Waals surface area contributed by atoms with Gasteiger partial charge >= 0.3 is 0 Å². The van der Waals surface area contributed by atoms with Gasteiger partial charge in [0.05, 0.1) is 0 Å². The van der Waals surface area contributed by atoms with Crippen LogP contribution in [0.5, 0.6) is 0 Å². The van der Waals surface area contributed by atoms with Gasteiger partial charge in [-0.15, -0.1) is 0 Å². The minimum atomic E-state index is -0.934. The molecular formula is C20H22NO2-. The fourth-order valence-electron chi connectivity index (χ4n) is 3.62. The van der Waals surface area contributed by atoms with Gasteiger partial charge in [-0.25, -0.2) is 0 Å². The Kier molecular flexibility index (Phi) is 4.77. The van der Waals surface area contributed by atoms with Crippen molar-refractivity contribution >= 4 is 5.97 Å². The molecule has 0 spiro atoms. The zero-order valence-corrected chi connectivity index (χ0v) is 13.4. The second-order valence-corrected chi connectivity index (χ2v) is 6.40. The molecule has 0 aromatic heterocycles. The number of likely N-dealkylation sites (tertiary alicyclic amines) is 1. The molecule has 0 bridgehead atoms. The summed E-state index contributed by atoms with van der Waals surface area (Å²) in [6, 6.07) is 18.3. The van der Waals surface area contributed by atoms with Gasteiger partial charge in [-0.3, -0.25) is 4.90 Å². The summed E-state index contributed by atoms with van der Waals surface area (Å²) in [4.78, 5) is 13.9. The molecule has 0 aliphatic carbocycles. The fourth-order valence-corrected chi connectivity index (χ4v) is 3.62. The smallest absolute Gasteiger partial charge is 0.0464 e. The average Bonchev–Trinajstić information content (AvgIpc) is 2.56. The number of nitrogens with zero attached hydrogens (tertiary/aromatic N) is 1. The number of aryl methyl sites for hydroxylation is 1. The van der Waals surface area contributed by atoms with Crippen LogP contribution in [0.3, 0.4) is 0 Å². The van der Waals surface area contributed by atoms with E-state index in [0.29, 0.717) is 6.54 Å². The van der Waals surface area contributed by atoms with Crippen LogP contribution in [0.1, 0.15) is 29.0 Å². The largest absolute Gasteiger partial charge is 0.550 e. The predicted octanol–water partition coefficient (Wildman–Crippen LogP) is 2.35. The molecule has 3 heteroatoms. The van der Waals surface area contributed by atoms with E-state index in [9.17, 15) is 9.90 Å². The maximum absolute atomic E-state index is 11.7. The number of carboxylic acid groups (broad SMARTS) is 1. The van der Waals surface area contributed by atoms with Gasteiger partial charge in [0.25, 0.3) is 0 Å². The molecule has 0 amide bonds. The third kappa shape index (κ3) is 3.62. The molecule has 0 N–H and O–H groups in total. The topological polar surface area (TPSA) is 43.4 Å². The first-order chi connectivity index (χ1) is 11.1. The summed E-state index contributed by atoms with van der Waals surface area (Å²) in [5.41, 5.74) is 3.54. The Labute approximate surface area is 137 Å². The maximum atomic E-state index is 11.7. The van der Waals surface area contributed by atoms with Gasteiger partial charge in [0.15, 0.2) is 0 Å². The molecule has 0 saturated carbocycles. The second-order valence-electron chi connectivity index (χ2n) is 6.40. The number of aliphatic carboxylic acids is 1. The zero-order chi connectivity index (χ0) is 16.2. The molecule has 2 atom stereocenters. The number of hydrogen-bond acceptors (Lipinski definition) is 3. The Morgan fingerprint density at radius 3 is 2.52 bits per heavy atom. The number of rotatable bonds is 4. The molecule has 3 rings (SSSR count). The molecular weight excluding hydrogens is 286 g/mol. The molecule has 0 radical (unpaired) electrons. The van der Waals surface area contributed by atoms with Gasteiger partial charge in [-0.1, -0.05) is 54.6 Å². The molecule has 2 aromatic rings. The van der Waals surface area contributed by atoms with E-state index >= 15 is 0 Å². The van der Waals surface area contributed by atoms with E-state index in [4.69, 9.17) is 0 Å². The van der Waals surface area contributed by atoms with Crippen LogP contribution in [0.15, 0.2) is 54.6 Å². The van der Waals surface area contributed by atoms with Crippen LogP contribution in [-0.2, 0) is 11.3 Å². The Balaban J connectivity index is 1.76. The van der Waals surface area contributed by atoms with Crippen LogP contribution in [0.2, 0.25) is 0 Å². The maximum Gasteiger partial charge on any atom is 0.0464 e. The van der Waals surface area contributed by atoms with E-state index < -0.39 is 11.9 Å².